The number of nitrogens with one attached hydrogen (secondary N) is 2. The maximum absolute atomic E-state index is 11.0. The summed E-state index contributed by atoms with van der Waals surface area (Å²) in [6.45, 7) is 2.88. The largest absolute Gasteiger partial charge is 0.357 e. The van der Waals surface area contributed by atoms with Gasteiger partial charge < -0.3 is 4.98 Å². The fraction of sp³-hybridized carbons (Fsp3) is 0.211. The van der Waals surface area contributed by atoms with Crippen molar-refractivity contribution in [3.8, 4) is 0 Å². The molecule has 1 amide bonds. The van der Waals surface area contributed by atoms with Crippen LogP contribution in [0.2, 0.25) is 0 Å². The number of H-pyrrole nitrogens is 1. The molecule has 0 radical (unpaired) electrons. The third kappa shape index (κ3) is 3.37. The molecule has 3 aromatic rings. The highest BCUT2D eigenvalue weighted by atomic mass is 32.1. The van der Waals surface area contributed by atoms with Gasteiger partial charge in [-0.3, -0.25) is 14.9 Å². The van der Waals surface area contributed by atoms with Gasteiger partial charge in [0.2, 0.25) is 0 Å². The standard InChI is InChI=1S/C19H19N3O2S/c23-19(21-24)8-7-13-5-6-14(25-13)11-22-10-9-16-15-3-1-2-4-17(15)20-18(16)12-22/h1-8,20,24H,9-12H2,(H,21,23). The first-order valence-electron chi connectivity index (χ1n) is 8.24. The number of aromatic nitrogens is 1. The molecule has 3 N–H and O–H groups in total. The second kappa shape index (κ2) is 6.84. The molecule has 128 valence electrons. The van der Waals surface area contributed by atoms with Crippen molar-refractivity contribution in [3.05, 3.63) is 63.5 Å². The molecule has 25 heavy (non-hydrogen) atoms. The summed E-state index contributed by atoms with van der Waals surface area (Å²) in [4.78, 5) is 19.3. The lowest BCUT2D eigenvalue weighted by molar-refractivity contribution is -0.124. The SMILES string of the molecule is O=C(C=Cc1ccc(CN2CCc3c([nH]c4ccccc34)C2)s1)NO. The predicted molar refractivity (Wildman–Crippen MR) is 99.4 cm³/mol. The Bertz CT molecular complexity index is 941. The number of hydrogen-bond donors (Lipinski definition) is 3. The number of para-hydroxylation sites is 1. The third-order valence-electron chi connectivity index (χ3n) is 4.53. The van der Waals surface area contributed by atoms with Crippen LogP contribution < -0.4 is 5.48 Å². The fourth-order valence-corrected chi connectivity index (χ4v) is 4.33. The maximum Gasteiger partial charge on any atom is 0.267 e. The number of hydroxylamine groups is 1. The van der Waals surface area contributed by atoms with Crippen LogP contribution in [0.3, 0.4) is 0 Å². The molecular formula is C19H19N3O2S. The number of benzene rings is 1. The average Bonchev–Trinajstić information content (AvgIpc) is 3.23. The molecule has 5 nitrogen and oxygen atoms in total. The van der Waals surface area contributed by atoms with Crippen LogP contribution in [0.15, 0.2) is 42.5 Å². The topological polar surface area (TPSA) is 68.4 Å². The number of carbonyl (C=O) groups excluding carboxylic acids is 1. The Hall–Kier alpha value is -2.41. The van der Waals surface area contributed by atoms with Crippen molar-refractivity contribution in [2.24, 2.45) is 0 Å². The first-order chi connectivity index (χ1) is 12.2. The van der Waals surface area contributed by atoms with Gasteiger partial charge in [-0.25, -0.2) is 5.48 Å². The van der Waals surface area contributed by atoms with Gasteiger partial charge in [-0.05, 0) is 36.3 Å². The number of amides is 1. The zero-order chi connectivity index (χ0) is 17.2. The minimum Gasteiger partial charge on any atom is -0.357 e. The van der Waals surface area contributed by atoms with Crippen LogP contribution in [0.1, 0.15) is 21.0 Å². The molecule has 0 atom stereocenters. The van der Waals surface area contributed by atoms with E-state index in [1.54, 1.807) is 22.9 Å². The molecule has 3 heterocycles. The fourth-order valence-electron chi connectivity index (χ4n) is 3.37. The number of carbonyl (C=O) groups is 1. The molecule has 0 unspecified atom stereocenters. The summed E-state index contributed by atoms with van der Waals surface area (Å²) in [5.74, 6) is -0.516. The number of hydrogen-bond acceptors (Lipinski definition) is 4. The zero-order valence-corrected chi connectivity index (χ0v) is 14.5. The number of nitrogens with zero attached hydrogens (tertiary/aromatic N) is 1. The summed E-state index contributed by atoms with van der Waals surface area (Å²) >= 11 is 1.67. The normalized spacial score (nSPS) is 14.9. The smallest absolute Gasteiger partial charge is 0.267 e. The van der Waals surface area contributed by atoms with Crippen LogP contribution in [0.25, 0.3) is 17.0 Å². The molecule has 6 heteroatoms. The van der Waals surface area contributed by atoms with Crippen molar-refractivity contribution in [1.82, 2.24) is 15.4 Å². The van der Waals surface area contributed by atoms with Gasteiger partial charge in [0.15, 0.2) is 0 Å². The summed E-state index contributed by atoms with van der Waals surface area (Å²) in [5.41, 5.74) is 5.60. The Balaban J connectivity index is 1.45. The molecule has 2 aromatic heterocycles. The first kappa shape index (κ1) is 16.1. The van der Waals surface area contributed by atoms with Crippen molar-refractivity contribution in [1.29, 1.82) is 0 Å². The van der Waals surface area contributed by atoms with E-state index in [0.29, 0.717) is 0 Å². The molecular weight excluding hydrogens is 334 g/mol. The van der Waals surface area contributed by atoms with Gasteiger partial charge >= 0.3 is 0 Å². The van der Waals surface area contributed by atoms with Gasteiger partial charge in [0.25, 0.3) is 5.91 Å². The predicted octanol–water partition coefficient (Wildman–Crippen LogP) is 3.31. The molecule has 1 aromatic carbocycles. The summed E-state index contributed by atoms with van der Waals surface area (Å²) < 4.78 is 0. The lowest BCUT2D eigenvalue weighted by Crippen LogP contribution is -2.29. The van der Waals surface area contributed by atoms with Gasteiger partial charge in [0.1, 0.15) is 0 Å². The van der Waals surface area contributed by atoms with Crippen LogP contribution in [0, 0.1) is 0 Å². The van der Waals surface area contributed by atoms with Crippen molar-refractivity contribution < 1.29 is 10.0 Å². The molecule has 1 aliphatic rings. The molecule has 0 fully saturated rings. The minimum absolute atomic E-state index is 0.516. The van der Waals surface area contributed by atoms with Gasteiger partial charge in [0.05, 0.1) is 0 Å². The molecule has 0 saturated heterocycles. The third-order valence-corrected chi connectivity index (χ3v) is 5.57. The van der Waals surface area contributed by atoms with Crippen molar-refractivity contribution in [3.63, 3.8) is 0 Å². The quantitative estimate of drug-likeness (QED) is 0.383. The molecule has 0 spiro atoms. The maximum atomic E-state index is 11.0. The summed E-state index contributed by atoms with van der Waals surface area (Å²) in [6.07, 6.45) is 4.10. The van der Waals surface area contributed by atoms with Gasteiger partial charge in [-0.1, -0.05) is 18.2 Å². The average molecular weight is 353 g/mol. The first-order valence-corrected chi connectivity index (χ1v) is 9.06. The van der Waals surface area contributed by atoms with E-state index in [2.05, 4.69) is 40.2 Å². The van der Waals surface area contributed by atoms with E-state index in [9.17, 15) is 4.79 Å². The van der Waals surface area contributed by atoms with Crippen molar-refractivity contribution in [2.45, 2.75) is 19.5 Å². The zero-order valence-electron chi connectivity index (χ0n) is 13.7. The second-order valence-corrected chi connectivity index (χ2v) is 7.40. The van der Waals surface area contributed by atoms with Gasteiger partial charge in [-0.15, -0.1) is 11.3 Å². The van der Waals surface area contributed by atoms with Gasteiger partial charge in [-0.2, -0.15) is 0 Å². The Morgan fingerprint density at radius 2 is 2.20 bits per heavy atom. The molecule has 0 bridgehead atoms. The van der Waals surface area contributed by atoms with Crippen LogP contribution in [0.5, 0.6) is 0 Å². The lowest BCUT2D eigenvalue weighted by Gasteiger charge is -2.26. The second-order valence-electron chi connectivity index (χ2n) is 6.20. The van der Waals surface area contributed by atoms with Crippen LogP contribution in [0.4, 0.5) is 0 Å². The van der Waals surface area contributed by atoms with E-state index in [-0.39, 0.29) is 0 Å². The highest BCUT2D eigenvalue weighted by Crippen LogP contribution is 2.29. The van der Waals surface area contributed by atoms with E-state index in [0.717, 1.165) is 30.9 Å². The summed E-state index contributed by atoms with van der Waals surface area (Å²) in [7, 11) is 0. The number of fused-ring (bicyclic) bond motifs is 3. The van der Waals surface area contributed by atoms with E-state index in [1.165, 1.54) is 33.1 Å². The van der Waals surface area contributed by atoms with E-state index >= 15 is 0 Å². The van der Waals surface area contributed by atoms with Crippen LogP contribution in [-0.4, -0.2) is 27.5 Å². The number of aromatic amines is 1. The highest BCUT2D eigenvalue weighted by molar-refractivity contribution is 7.12. The van der Waals surface area contributed by atoms with Crippen LogP contribution in [-0.2, 0) is 24.3 Å². The van der Waals surface area contributed by atoms with E-state index in [1.807, 2.05) is 6.07 Å². The molecule has 4 rings (SSSR count). The summed E-state index contributed by atoms with van der Waals surface area (Å²) in [6, 6.07) is 12.6. The Morgan fingerprint density at radius 1 is 1.32 bits per heavy atom. The van der Waals surface area contributed by atoms with Crippen LogP contribution >= 0.6 is 11.3 Å². The Kier molecular flexibility index (Phi) is 4.40. The molecule has 1 aliphatic heterocycles. The lowest BCUT2D eigenvalue weighted by atomic mass is 10.0. The van der Waals surface area contributed by atoms with E-state index < -0.39 is 5.91 Å². The summed E-state index contributed by atoms with van der Waals surface area (Å²) in [5, 5.41) is 9.86. The van der Waals surface area contributed by atoms with E-state index in [4.69, 9.17) is 5.21 Å². The highest BCUT2D eigenvalue weighted by Gasteiger charge is 2.20. The van der Waals surface area contributed by atoms with Crippen molar-refractivity contribution >= 4 is 34.2 Å². The molecule has 0 aliphatic carbocycles. The van der Waals surface area contributed by atoms with Crippen molar-refractivity contribution in [2.75, 3.05) is 6.54 Å². The number of rotatable bonds is 4. The monoisotopic (exact) mass is 353 g/mol. The minimum atomic E-state index is -0.516. The molecule has 0 saturated carbocycles. The van der Waals surface area contributed by atoms with Gasteiger partial charge in [0, 0.05) is 52.1 Å². The Labute approximate surface area is 149 Å². The number of thiophene rings is 1. The Morgan fingerprint density at radius 3 is 3.08 bits per heavy atom.